The summed E-state index contributed by atoms with van der Waals surface area (Å²) in [6.45, 7) is 2.16. The fraction of sp³-hybridized carbons (Fsp3) is 0.0833. The van der Waals surface area contributed by atoms with Crippen molar-refractivity contribution < 1.29 is 8.98 Å². The van der Waals surface area contributed by atoms with Crippen LogP contribution in [-0.2, 0) is 7.05 Å². The van der Waals surface area contributed by atoms with E-state index in [9.17, 15) is 0 Å². The van der Waals surface area contributed by atoms with E-state index in [1.165, 1.54) is 22.4 Å². The van der Waals surface area contributed by atoms with Crippen molar-refractivity contribution in [2.75, 3.05) is 0 Å². The molecule has 2 aromatic carbocycles. The fourth-order valence-corrected chi connectivity index (χ4v) is 3.72. The highest BCUT2D eigenvalue weighted by molar-refractivity contribution is 6.04. The van der Waals surface area contributed by atoms with E-state index in [2.05, 4.69) is 78.3 Å². The maximum atomic E-state index is 5.94. The zero-order valence-electron chi connectivity index (χ0n) is 15.3. The van der Waals surface area contributed by atoms with E-state index < -0.39 is 0 Å². The van der Waals surface area contributed by atoms with E-state index in [-0.39, 0.29) is 0 Å². The third-order valence-corrected chi connectivity index (χ3v) is 5.14. The van der Waals surface area contributed by atoms with Gasteiger partial charge < -0.3 is 4.42 Å². The van der Waals surface area contributed by atoms with Crippen molar-refractivity contribution in [1.82, 2.24) is 4.98 Å². The monoisotopic (exact) mass is 351 g/mol. The second kappa shape index (κ2) is 6.06. The van der Waals surface area contributed by atoms with Crippen molar-refractivity contribution in [2.45, 2.75) is 6.92 Å². The second-order valence-electron chi connectivity index (χ2n) is 6.90. The summed E-state index contributed by atoms with van der Waals surface area (Å²) in [5.74, 6) is 0. The predicted octanol–water partition coefficient (Wildman–Crippen LogP) is 5.45. The average molecular weight is 351 g/mol. The summed E-state index contributed by atoms with van der Waals surface area (Å²) in [4.78, 5) is 4.32. The van der Waals surface area contributed by atoms with Gasteiger partial charge in [-0.1, -0.05) is 18.2 Å². The smallest absolute Gasteiger partial charge is 0.227 e. The van der Waals surface area contributed by atoms with Crippen LogP contribution in [0.3, 0.4) is 0 Å². The Morgan fingerprint density at radius 2 is 1.70 bits per heavy atom. The van der Waals surface area contributed by atoms with Crippen molar-refractivity contribution in [3.8, 4) is 22.4 Å². The number of aryl methyl sites for hydroxylation is 2. The Morgan fingerprint density at radius 1 is 0.852 bits per heavy atom. The highest BCUT2D eigenvalue weighted by Crippen LogP contribution is 2.32. The number of rotatable bonds is 2. The molecule has 3 heteroatoms. The van der Waals surface area contributed by atoms with E-state index in [0.717, 1.165) is 21.9 Å². The molecule has 0 spiro atoms. The Hall–Kier alpha value is -3.46. The first kappa shape index (κ1) is 15.8. The number of nitrogens with zero attached hydrogens (tertiary/aromatic N) is 2. The summed E-state index contributed by atoms with van der Waals surface area (Å²) in [5, 5.41) is 2.16. The zero-order valence-corrected chi connectivity index (χ0v) is 15.3. The first-order valence-electron chi connectivity index (χ1n) is 9.04. The Bertz CT molecular complexity index is 1300. The highest BCUT2D eigenvalue weighted by atomic mass is 16.3. The topological polar surface area (TPSA) is 29.9 Å². The van der Waals surface area contributed by atoms with Crippen LogP contribution in [0, 0.1) is 6.92 Å². The average Bonchev–Trinajstić information content (AvgIpc) is 3.06. The minimum atomic E-state index is 0.688. The maximum absolute atomic E-state index is 5.94. The molecule has 0 saturated carbocycles. The van der Waals surface area contributed by atoms with E-state index in [4.69, 9.17) is 4.42 Å². The first-order chi connectivity index (χ1) is 13.2. The van der Waals surface area contributed by atoms with Gasteiger partial charge in [-0.3, -0.25) is 0 Å². The maximum Gasteiger partial charge on any atom is 0.227 e. The van der Waals surface area contributed by atoms with Gasteiger partial charge in [0.25, 0.3) is 0 Å². The van der Waals surface area contributed by atoms with Gasteiger partial charge in [0.15, 0.2) is 6.20 Å². The van der Waals surface area contributed by atoms with Gasteiger partial charge in [-0.25, -0.2) is 9.55 Å². The number of aromatic nitrogens is 2. The molecule has 0 radical (unpaired) electrons. The number of hydrogen-bond donors (Lipinski definition) is 0. The third-order valence-electron chi connectivity index (χ3n) is 5.14. The van der Waals surface area contributed by atoms with Crippen LogP contribution in [0.1, 0.15) is 5.56 Å². The van der Waals surface area contributed by atoms with Gasteiger partial charge in [0, 0.05) is 34.7 Å². The fourth-order valence-electron chi connectivity index (χ4n) is 3.72. The van der Waals surface area contributed by atoms with Crippen molar-refractivity contribution in [2.24, 2.45) is 7.05 Å². The zero-order chi connectivity index (χ0) is 18.4. The molecule has 3 heterocycles. The Labute approximate surface area is 157 Å². The summed E-state index contributed by atoms with van der Waals surface area (Å²) in [6.07, 6.45) is 3.84. The van der Waals surface area contributed by atoms with Crippen LogP contribution in [-0.4, -0.2) is 4.98 Å². The van der Waals surface area contributed by atoms with E-state index >= 15 is 0 Å². The van der Waals surface area contributed by atoms with Crippen LogP contribution >= 0.6 is 0 Å². The lowest BCUT2D eigenvalue weighted by Gasteiger charge is -2.08. The van der Waals surface area contributed by atoms with Crippen molar-refractivity contribution in [3.63, 3.8) is 0 Å². The molecular formula is C24H19N2O+. The van der Waals surface area contributed by atoms with Gasteiger partial charge >= 0.3 is 0 Å². The molecule has 3 nitrogen and oxygen atoms in total. The summed E-state index contributed by atoms with van der Waals surface area (Å²) in [5.41, 5.74) is 7.60. The molecule has 130 valence electrons. The van der Waals surface area contributed by atoms with E-state index in [1.54, 1.807) is 6.20 Å². The number of furan rings is 1. The van der Waals surface area contributed by atoms with Gasteiger partial charge in [0.2, 0.25) is 11.4 Å². The Balaban J connectivity index is 1.61. The molecule has 0 atom stereocenters. The van der Waals surface area contributed by atoms with Crippen molar-refractivity contribution >= 4 is 22.1 Å². The van der Waals surface area contributed by atoms with Crippen LogP contribution < -0.4 is 4.57 Å². The van der Waals surface area contributed by atoms with Crippen molar-refractivity contribution in [3.05, 3.63) is 84.7 Å². The minimum Gasteiger partial charge on any atom is -0.438 e. The minimum absolute atomic E-state index is 0.688. The van der Waals surface area contributed by atoms with Gasteiger partial charge in [-0.05, 0) is 60.0 Å². The van der Waals surface area contributed by atoms with E-state index in [1.807, 2.05) is 18.2 Å². The lowest BCUT2D eigenvalue weighted by molar-refractivity contribution is -0.660. The van der Waals surface area contributed by atoms with Crippen LogP contribution in [0.25, 0.3) is 44.5 Å². The molecule has 0 aliphatic heterocycles. The molecule has 0 fully saturated rings. The SMILES string of the molecule is Cc1cc(-c2ccc3c(c2)oc2ncccc23)ccc1-c1cccc[n+]1C. The normalized spacial score (nSPS) is 11.3. The van der Waals surface area contributed by atoms with Crippen LogP contribution in [0.5, 0.6) is 0 Å². The highest BCUT2D eigenvalue weighted by Gasteiger charge is 2.13. The molecule has 0 amide bonds. The molecule has 0 unspecified atom stereocenters. The summed E-state index contributed by atoms with van der Waals surface area (Å²) in [7, 11) is 2.08. The standard InChI is InChI=1S/C24H19N2O/c1-16-14-17(8-10-19(16)22-7-3-4-13-26(22)2)18-9-11-20-21-6-5-12-25-24(21)27-23(20)15-18/h3-15H,1-2H3/q+1. The van der Waals surface area contributed by atoms with Crippen LogP contribution in [0.15, 0.2) is 83.5 Å². The molecule has 3 aromatic heterocycles. The lowest BCUT2D eigenvalue weighted by Crippen LogP contribution is -2.30. The summed E-state index contributed by atoms with van der Waals surface area (Å²) in [6, 6.07) is 23.3. The largest absolute Gasteiger partial charge is 0.438 e. The molecule has 0 aliphatic rings. The number of fused-ring (bicyclic) bond motifs is 3. The molecule has 5 aromatic rings. The Morgan fingerprint density at radius 3 is 2.56 bits per heavy atom. The number of benzene rings is 2. The first-order valence-corrected chi connectivity index (χ1v) is 9.04. The second-order valence-corrected chi connectivity index (χ2v) is 6.90. The lowest BCUT2D eigenvalue weighted by atomic mass is 9.97. The van der Waals surface area contributed by atoms with Crippen LogP contribution in [0.2, 0.25) is 0 Å². The van der Waals surface area contributed by atoms with Gasteiger partial charge in [-0.15, -0.1) is 0 Å². The van der Waals surface area contributed by atoms with Gasteiger partial charge in [0.05, 0.1) is 0 Å². The van der Waals surface area contributed by atoms with Gasteiger partial charge in [-0.2, -0.15) is 0 Å². The molecule has 0 aliphatic carbocycles. The summed E-state index contributed by atoms with van der Waals surface area (Å²) < 4.78 is 8.09. The predicted molar refractivity (Wildman–Crippen MR) is 108 cm³/mol. The molecule has 0 N–H and O–H groups in total. The van der Waals surface area contributed by atoms with Crippen LogP contribution in [0.4, 0.5) is 0 Å². The third kappa shape index (κ3) is 2.59. The summed E-state index contributed by atoms with van der Waals surface area (Å²) >= 11 is 0. The Kier molecular flexibility index (Phi) is 3.54. The van der Waals surface area contributed by atoms with Crippen molar-refractivity contribution in [1.29, 1.82) is 0 Å². The molecule has 0 saturated heterocycles. The molecular weight excluding hydrogens is 332 g/mol. The van der Waals surface area contributed by atoms with Gasteiger partial charge in [0.1, 0.15) is 12.6 Å². The molecule has 27 heavy (non-hydrogen) atoms. The molecule has 5 rings (SSSR count). The molecule has 0 bridgehead atoms. The quantitative estimate of drug-likeness (QED) is 0.396. The number of pyridine rings is 2. The number of hydrogen-bond acceptors (Lipinski definition) is 2. The van der Waals surface area contributed by atoms with E-state index in [0.29, 0.717) is 5.71 Å².